The Labute approximate surface area is 84.2 Å². The number of hydrogen-bond acceptors (Lipinski definition) is 3. The molecule has 14 heavy (non-hydrogen) atoms. The van der Waals surface area contributed by atoms with Gasteiger partial charge in [0.15, 0.2) is 5.04 Å². The van der Waals surface area contributed by atoms with Gasteiger partial charge < -0.3 is 5.32 Å². The van der Waals surface area contributed by atoms with Crippen LogP contribution in [0.5, 0.6) is 0 Å². The molecule has 2 rings (SSSR count). The van der Waals surface area contributed by atoms with Gasteiger partial charge in [-0.1, -0.05) is 30.0 Å². The van der Waals surface area contributed by atoms with Crippen molar-refractivity contribution >= 4 is 22.7 Å². The molecule has 0 aliphatic carbocycles. The zero-order valence-electron chi connectivity index (χ0n) is 7.08. The number of carbonyl (C=O) groups is 1. The van der Waals surface area contributed by atoms with E-state index in [1.165, 1.54) is 6.07 Å². The van der Waals surface area contributed by atoms with Crippen molar-refractivity contribution in [3.8, 4) is 0 Å². The van der Waals surface area contributed by atoms with E-state index in [1.54, 1.807) is 18.2 Å². The lowest BCUT2D eigenvalue weighted by molar-refractivity contribution is -0.114. The second-order valence-electron chi connectivity index (χ2n) is 2.82. The first-order valence-corrected chi connectivity index (χ1v) is 4.87. The molecule has 0 bridgehead atoms. The molecule has 0 radical (unpaired) electrons. The van der Waals surface area contributed by atoms with Gasteiger partial charge in [0, 0.05) is 5.56 Å². The summed E-state index contributed by atoms with van der Waals surface area (Å²) in [5.74, 6) is -0.803. The number of rotatable bonds is 1. The van der Waals surface area contributed by atoms with E-state index in [2.05, 4.69) is 5.32 Å². The van der Waals surface area contributed by atoms with Crippen LogP contribution >= 0.6 is 11.8 Å². The zero-order valence-corrected chi connectivity index (χ0v) is 7.90. The lowest BCUT2D eigenvalue weighted by Gasteiger charge is -2.08. The van der Waals surface area contributed by atoms with Crippen molar-refractivity contribution in [2.75, 3.05) is 0 Å². The van der Waals surface area contributed by atoms with Crippen molar-refractivity contribution in [3.05, 3.63) is 35.6 Å². The van der Waals surface area contributed by atoms with Crippen LogP contribution in [0.15, 0.2) is 24.3 Å². The van der Waals surface area contributed by atoms with Crippen molar-refractivity contribution < 1.29 is 9.18 Å². The molecule has 72 valence electrons. The van der Waals surface area contributed by atoms with Crippen LogP contribution in [0.1, 0.15) is 10.9 Å². The molecule has 0 aromatic heterocycles. The first-order chi connectivity index (χ1) is 6.68. The fraction of sp³-hybridized carbons (Fsp3) is 0.111. The summed E-state index contributed by atoms with van der Waals surface area (Å²) in [5.41, 5.74) is 0.410. The fourth-order valence-electron chi connectivity index (χ4n) is 1.21. The summed E-state index contributed by atoms with van der Waals surface area (Å²) in [5, 5.41) is 9.22. The number of nitrogens with one attached hydrogen (secondary N) is 2. The number of benzene rings is 1. The maximum absolute atomic E-state index is 13.3. The zero-order chi connectivity index (χ0) is 10.1. The third kappa shape index (κ3) is 1.50. The molecule has 0 spiro atoms. The minimum Gasteiger partial charge on any atom is -0.334 e. The molecule has 1 fully saturated rings. The quantitative estimate of drug-likeness (QED) is 0.740. The summed E-state index contributed by atoms with van der Waals surface area (Å²) < 4.78 is 13.3. The standard InChI is InChI=1S/C9H7FN2OS/c10-6-4-2-1-3-5(6)9-12-8(13)7(11)14-9/h1-4,9,11H,(H,12,13). The minimum atomic E-state index is -0.462. The number of amides is 1. The van der Waals surface area contributed by atoms with Gasteiger partial charge in [-0.3, -0.25) is 10.2 Å². The van der Waals surface area contributed by atoms with E-state index in [0.717, 1.165) is 11.8 Å². The lowest BCUT2D eigenvalue weighted by Crippen LogP contribution is -2.21. The second-order valence-corrected chi connectivity index (χ2v) is 3.94. The summed E-state index contributed by atoms with van der Waals surface area (Å²) >= 11 is 1.02. The smallest absolute Gasteiger partial charge is 0.277 e. The van der Waals surface area contributed by atoms with Crippen LogP contribution in [0.3, 0.4) is 0 Å². The van der Waals surface area contributed by atoms with Gasteiger partial charge in [-0.05, 0) is 6.07 Å². The van der Waals surface area contributed by atoms with E-state index in [-0.39, 0.29) is 10.9 Å². The van der Waals surface area contributed by atoms with Gasteiger partial charge in [0.05, 0.1) is 0 Å². The Balaban J connectivity index is 2.30. The number of carbonyl (C=O) groups excluding carboxylic acids is 1. The Bertz CT molecular complexity index is 392. The molecule has 5 heteroatoms. The fourth-order valence-corrected chi connectivity index (χ4v) is 2.10. The van der Waals surface area contributed by atoms with Crippen LogP contribution in [-0.4, -0.2) is 11.0 Å². The Morgan fingerprint density at radius 2 is 2.14 bits per heavy atom. The molecule has 1 heterocycles. The molecular weight excluding hydrogens is 203 g/mol. The van der Waals surface area contributed by atoms with E-state index in [9.17, 15) is 9.18 Å². The number of halogens is 1. The van der Waals surface area contributed by atoms with Gasteiger partial charge in [-0.25, -0.2) is 4.39 Å². The van der Waals surface area contributed by atoms with Crippen LogP contribution in [-0.2, 0) is 4.79 Å². The normalized spacial score (nSPS) is 21.1. The Hall–Kier alpha value is -1.36. The third-order valence-electron chi connectivity index (χ3n) is 1.89. The molecule has 1 aliphatic rings. The lowest BCUT2D eigenvalue weighted by atomic mass is 10.2. The first-order valence-electron chi connectivity index (χ1n) is 3.99. The van der Waals surface area contributed by atoms with Crippen molar-refractivity contribution in [2.24, 2.45) is 0 Å². The maximum atomic E-state index is 13.3. The highest BCUT2D eigenvalue weighted by molar-refractivity contribution is 8.16. The predicted molar refractivity (Wildman–Crippen MR) is 52.6 cm³/mol. The third-order valence-corrected chi connectivity index (χ3v) is 2.92. The number of thioether (sulfide) groups is 1. The summed E-state index contributed by atoms with van der Waals surface area (Å²) in [4.78, 5) is 11.0. The van der Waals surface area contributed by atoms with Crippen molar-refractivity contribution in [3.63, 3.8) is 0 Å². The molecule has 1 aromatic carbocycles. The maximum Gasteiger partial charge on any atom is 0.277 e. The summed E-state index contributed by atoms with van der Waals surface area (Å²) in [6.07, 6.45) is 0. The average Bonchev–Trinajstić information content (AvgIpc) is 2.48. The highest BCUT2D eigenvalue weighted by Gasteiger charge is 2.29. The van der Waals surface area contributed by atoms with Gasteiger partial charge in [0.1, 0.15) is 11.2 Å². The first kappa shape index (κ1) is 9.21. The molecule has 1 amide bonds. The van der Waals surface area contributed by atoms with Crippen molar-refractivity contribution in [1.82, 2.24) is 5.32 Å². The highest BCUT2D eigenvalue weighted by Crippen LogP contribution is 2.32. The van der Waals surface area contributed by atoms with Gasteiger partial charge >= 0.3 is 0 Å². The van der Waals surface area contributed by atoms with E-state index < -0.39 is 11.3 Å². The molecule has 1 saturated heterocycles. The molecule has 1 aliphatic heterocycles. The van der Waals surface area contributed by atoms with Crippen LogP contribution in [0, 0.1) is 11.2 Å². The average molecular weight is 210 g/mol. The summed E-state index contributed by atoms with van der Waals surface area (Å²) in [6.45, 7) is 0. The van der Waals surface area contributed by atoms with Crippen LogP contribution in [0.4, 0.5) is 4.39 Å². The van der Waals surface area contributed by atoms with Gasteiger partial charge in [0.25, 0.3) is 5.91 Å². The predicted octanol–water partition coefficient (Wildman–Crippen LogP) is 1.66. The molecule has 2 N–H and O–H groups in total. The van der Waals surface area contributed by atoms with Gasteiger partial charge in [-0.15, -0.1) is 0 Å². The van der Waals surface area contributed by atoms with E-state index in [1.807, 2.05) is 0 Å². The topological polar surface area (TPSA) is 53.0 Å². The Kier molecular flexibility index (Phi) is 2.25. The highest BCUT2D eigenvalue weighted by atomic mass is 32.2. The Morgan fingerprint density at radius 3 is 2.71 bits per heavy atom. The summed E-state index contributed by atoms with van der Waals surface area (Å²) in [6, 6.07) is 6.23. The van der Waals surface area contributed by atoms with Crippen LogP contribution in [0.25, 0.3) is 0 Å². The van der Waals surface area contributed by atoms with E-state index >= 15 is 0 Å². The van der Waals surface area contributed by atoms with E-state index in [4.69, 9.17) is 5.41 Å². The van der Waals surface area contributed by atoms with Crippen LogP contribution in [0.2, 0.25) is 0 Å². The molecule has 3 nitrogen and oxygen atoms in total. The van der Waals surface area contributed by atoms with Crippen LogP contribution < -0.4 is 5.32 Å². The Morgan fingerprint density at radius 1 is 1.43 bits per heavy atom. The summed E-state index contributed by atoms with van der Waals surface area (Å²) in [7, 11) is 0. The van der Waals surface area contributed by atoms with E-state index in [0.29, 0.717) is 5.56 Å². The van der Waals surface area contributed by atoms with Gasteiger partial charge in [0.2, 0.25) is 0 Å². The molecule has 1 unspecified atom stereocenters. The largest absolute Gasteiger partial charge is 0.334 e. The molecule has 1 atom stereocenters. The SMILES string of the molecule is N=C1SC(c2ccccc2F)NC1=O. The van der Waals surface area contributed by atoms with Crippen molar-refractivity contribution in [2.45, 2.75) is 5.37 Å². The minimum absolute atomic E-state index is 0.0711. The number of hydrogen-bond donors (Lipinski definition) is 2. The molecule has 1 aromatic rings. The molecule has 0 saturated carbocycles. The van der Waals surface area contributed by atoms with Crippen molar-refractivity contribution in [1.29, 1.82) is 5.41 Å². The molecular formula is C9H7FN2OS. The monoisotopic (exact) mass is 210 g/mol. The van der Waals surface area contributed by atoms with Gasteiger partial charge in [-0.2, -0.15) is 0 Å². The second kappa shape index (κ2) is 3.42.